The lowest BCUT2D eigenvalue weighted by molar-refractivity contribution is 0.102. The molecule has 0 aromatic carbocycles. The van der Waals surface area contributed by atoms with E-state index in [0.717, 1.165) is 3.79 Å². The van der Waals surface area contributed by atoms with Crippen LogP contribution in [0.4, 0.5) is 5.13 Å². The van der Waals surface area contributed by atoms with E-state index in [0.29, 0.717) is 10.1 Å². The number of halogens is 1. The van der Waals surface area contributed by atoms with Crippen molar-refractivity contribution in [2.24, 2.45) is 0 Å². The molecule has 3 rings (SSSR count). The molecule has 0 bridgehead atoms. The molecule has 0 fully saturated rings. The Morgan fingerprint density at radius 2 is 2.21 bits per heavy atom. The first-order chi connectivity index (χ1) is 9.15. The topological polar surface area (TPSA) is 76.4 Å². The van der Waals surface area contributed by atoms with E-state index >= 15 is 0 Å². The second-order valence-electron chi connectivity index (χ2n) is 3.46. The number of thiazole rings is 2. The van der Waals surface area contributed by atoms with E-state index < -0.39 is 5.91 Å². The van der Waals surface area contributed by atoms with E-state index in [1.165, 1.54) is 33.3 Å². The predicted octanol–water partition coefficient (Wildman–Crippen LogP) is 2.23. The van der Waals surface area contributed by atoms with Crippen LogP contribution in [0.25, 0.3) is 4.96 Å². The van der Waals surface area contributed by atoms with Crippen molar-refractivity contribution in [3.8, 4) is 0 Å². The summed E-state index contributed by atoms with van der Waals surface area (Å²) in [7, 11) is 0. The number of carbonyl (C=O) groups excluding carboxylic acids is 1. The zero-order chi connectivity index (χ0) is 13.4. The number of nitrogens with zero attached hydrogens (tertiary/aromatic N) is 3. The van der Waals surface area contributed by atoms with Crippen molar-refractivity contribution < 1.29 is 4.79 Å². The van der Waals surface area contributed by atoms with Crippen LogP contribution in [0.5, 0.6) is 0 Å². The van der Waals surface area contributed by atoms with Crippen LogP contribution in [0, 0.1) is 0 Å². The van der Waals surface area contributed by atoms with E-state index in [2.05, 4.69) is 31.2 Å². The van der Waals surface area contributed by atoms with Gasteiger partial charge in [0.1, 0.15) is 5.56 Å². The Balaban J connectivity index is 1.97. The molecule has 0 aliphatic rings. The Labute approximate surface area is 122 Å². The molecule has 9 heteroatoms. The summed E-state index contributed by atoms with van der Waals surface area (Å²) in [6, 6.07) is 0. The third kappa shape index (κ3) is 2.31. The number of fused-ring (bicyclic) bond motifs is 1. The number of aromatic nitrogens is 3. The fraction of sp³-hybridized carbons (Fsp3) is 0. The van der Waals surface area contributed by atoms with Crippen molar-refractivity contribution in [1.82, 2.24) is 14.4 Å². The van der Waals surface area contributed by atoms with Gasteiger partial charge in [-0.1, -0.05) is 11.3 Å². The molecule has 0 radical (unpaired) electrons. The lowest BCUT2D eigenvalue weighted by atomic mass is 10.3. The van der Waals surface area contributed by atoms with E-state index in [1.807, 2.05) is 0 Å². The molecule has 3 heterocycles. The Hall–Kier alpha value is -1.58. The second-order valence-corrected chi connectivity index (χ2v) is 6.74. The summed E-state index contributed by atoms with van der Waals surface area (Å²) in [5.74, 6) is -0.514. The lowest BCUT2D eigenvalue weighted by Crippen LogP contribution is -2.25. The quantitative estimate of drug-likeness (QED) is 0.763. The van der Waals surface area contributed by atoms with Gasteiger partial charge >= 0.3 is 0 Å². The Morgan fingerprint density at radius 3 is 2.95 bits per heavy atom. The number of carbonyl (C=O) groups is 1. The van der Waals surface area contributed by atoms with E-state index in [1.54, 1.807) is 17.8 Å². The van der Waals surface area contributed by atoms with E-state index in [9.17, 15) is 9.59 Å². The van der Waals surface area contributed by atoms with Gasteiger partial charge in [-0.15, -0.1) is 11.3 Å². The Kier molecular flexibility index (Phi) is 3.17. The Bertz CT molecular complexity index is 822. The van der Waals surface area contributed by atoms with E-state index in [-0.39, 0.29) is 11.1 Å². The minimum Gasteiger partial charge on any atom is -0.298 e. The van der Waals surface area contributed by atoms with Crippen LogP contribution in [0.15, 0.2) is 32.6 Å². The highest BCUT2D eigenvalue weighted by Crippen LogP contribution is 2.23. The minimum absolute atomic E-state index is 0.0118. The maximum atomic E-state index is 12.1. The van der Waals surface area contributed by atoms with Crippen LogP contribution >= 0.6 is 38.6 Å². The molecule has 6 nitrogen and oxygen atoms in total. The summed E-state index contributed by atoms with van der Waals surface area (Å²) in [5.41, 5.74) is -0.401. The fourth-order valence-electron chi connectivity index (χ4n) is 1.46. The summed E-state index contributed by atoms with van der Waals surface area (Å²) in [5, 5.41) is 4.73. The molecule has 1 N–H and O–H groups in total. The summed E-state index contributed by atoms with van der Waals surface area (Å²) < 4.78 is 2.14. The first-order valence-electron chi connectivity index (χ1n) is 5.03. The van der Waals surface area contributed by atoms with Crippen molar-refractivity contribution in [2.45, 2.75) is 0 Å². The van der Waals surface area contributed by atoms with Crippen molar-refractivity contribution in [1.29, 1.82) is 0 Å². The second kappa shape index (κ2) is 4.83. The molecule has 0 saturated heterocycles. The van der Waals surface area contributed by atoms with Crippen LogP contribution in [0.3, 0.4) is 0 Å². The minimum atomic E-state index is -0.514. The van der Waals surface area contributed by atoms with Gasteiger partial charge < -0.3 is 0 Å². The van der Waals surface area contributed by atoms with Crippen LogP contribution in [0.1, 0.15) is 10.4 Å². The van der Waals surface area contributed by atoms with Gasteiger partial charge in [0.15, 0.2) is 10.1 Å². The molecular formula is C10H5BrN4O2S2. The van der Waals surface area contributed by atoms with Crippen LogP contribution in [-0.2, 0) is 0 Å². The van der Waals surface area contributed by atoms with E-state index in [4.69, 9.17) is 0 Å². The summed E-state index contributed by atoms with van der Waals surface area (Å²) in [6.07, 6.45) is 4.45. The van der Waals surface area contributed by atoms with Gasteiger partial charge in [0, 0.05) is 17.8 Å². The molecular weight excluding hydrogens is 352 g/mol. The van der Waals surface area contributed by atoms with Crippen LogP contribution < -0.4 is 10.9 Å². The molecule has 0 atom stereocenters. The standard InChI is InChI=1S/C10H5BrN4O2S2/c11-6-4-12-9(19-6)14-7(16)5-3-13-10-15(8(5)17)1-2-18-10/h1-4H,(H,12,14,16). The molecule has 0 aliphatic carbocycles. The monoisotopic (exact) mass is 356 g/mol. The normalized spacial score (nSPS) is 10.8. The summed E-state index contributed by atoms with van der Waals surface area (Å²) in [6.45, 7) is 0. The van der Waals surface area contributed by atoms with Gasteiger partial charge in [0.2, 0.25) is 0 Å². The average Bonchev–Trinajstić information content (AvgIpc) is 2.99. The van der Waals surface area contributed by atoms with Gasteiger partial charge in [-0.05, 0) is 15.9 Å². The van der Waals surface area contributed by atoms with Crippen molar-refractivity contribution in [3.63, 3.8) is 0 Å². The van der Waals surface area contributed by atoms with Crippen molar-refractivity contribution in [2.75, 3.05) is 5.32 Å². The zero-order valence-corrected chi connectivity index (χ0v) is 12.4. The number of rotatable bonds is 2. The van der Waals surface area contributed by atoms with Crippen LogP contribution in [0.2, 0.25) is 0 Å². The highest BCUT2D eigenvalue weighted by atomic mass is 79.9. The fourth-order valence-corrected chi connectivity index (χ4v) is 3.23. The maximum Gasteiger partial charge on any atom is 0.271 e. The molecule has 19 heavy (non-hydrogen) atoms. The maximum absolute atomic E-state index is 12.1. The Morgan fingerprint density at radius 1 is 1.37 bits per heavy atom. The number of amides is 1. The number of hydrogen-bond donors (Lipinski definition) is 1. The molecule has 0 unspecified atom stereocenters. The molecule has 0 spiro atoms. The highest BCUT2D eigenvalue weighted by Gasteiger charge is 2.15. The largest absolute Gasteiger partial charge is 0.298 e. The molecule has 0 saturated carbocycles. The van der Waals surface area contributed by atoms with Crippen LogP contribution in [-0.4, -0.2) is 20.3 Å². The van der Waals surface area contributed by atoms with Gasteiger partial charge in [-0.3, -0.25) is 19.3 Å². The molecule has 1 amide bonds. The number of nitrogens with one attached hydrogen (secondary N) is 1. The molecule has 3 aromatic heterocycles. The summed E-state index contributed by atoms with van der Waals surface area (Å²) in [4.78, 5) is 32.7. The van der Waals surface area contributed by atoms with Crippen molar-refractivity contribution >= 4 is 54.6 Å². The first-order valence-corrected chi connectivity index (χ1v) is 7.51. The van der Waals surface area contributed by atoms with Crippen molar-refractivity contribution in [3.05, 3.63) is 43.7 Å². The van der Waals surface area contributed by atoms with Gasteiger partial charge in [0.05, 0.1) is 9.98 Å². The SMILES string of the molecule is O=C(Nc1ncc(Br)s1)c1cnc2sccn2c1=O. The molecule has 0 aliphatic heterocycles. The number of hydrogen-bond acceptors (Lipinski definition) is 6. The third-order valence-corrected chi connectivity index (χ3v) is 4.45. The van der Waals surface area contributed by atoms with Gasteiger partial charge in [-0.25, -0.2) is 9.97 Å². The molecule has 3 aromatic rings. The highest BCUT2D eigenvalue weighted by molar-refractivity contribution is 9.11. The zero-order valence-electron chi connectivity index (χ0n) is 9.16. The first kappa shape index (κ1) is 12.5. The summed E-state index contributed by atoms with van der Waals surface area (Å²) >= 11 is 5.85. The smallest absolute Gasteiger partial charge is 0.271 e. The predicted molar refractivity (Wildman–Crippen MR) is 77.1 cm³/mol. The number of anilines is 1. The van der Waals surface area contributed by atoms with Gasteiger partial charge in [0.25, 0.3) is 11.5 Å². The average molecular weight is 357 g/mol. The van der Waals surface area contributed by atoms with Gasteiger partial charge in [-0.2, -0.15) is 0 Å². The third-order valence-electron chi connectivity index (χ3n) is 2.29. The lowest BCUT2D eigenvalue weighted by Gasteiger charge is -2.00. The molecule has 96 valence electrons.